The smallest absolute Gasteiger partial charge is 0.254 e. The van der Waals surface area contributed by atoms with Gasteiger partial charge in [-0.1, -0.05) is 24.3 Å². The van der Waals surface area contributed by atoms with Crippen molar-refractivity contribution in [2.24, 2.45) is 0 Å². The minimum Gasteiger partial charge on any atom is -0.508 e. The first-order valence-electron chi connectivity index (χ1n) is 12.8. The van der Waals surface area contributed by atoms with Crippen molar-refractivity contribution in [1.29, 1.82) is 0 Å². The number of aromatic hydroxyl groups is 1. The van der Waals surface area contributed by atoms with Crippen molar-refractivity contribution in [3.63, 3.8) is 0 Å². The van der Waals surface area contributed by atoms with E-state index in [1.54, 1.807) is 19.1 Å². The summed E-state index contributed by atoms with van der Waals surface area (Å²) >= 11 is 6.35. The Morgan fingerprint density at radius 2 is 1.79 bits per heavy atom. The molecular formula is C29H38ClN3O5. The van der Waals surface area contributed by atoms with Gasteiger partial charge in [0.15, 0.2) is 6.10 Å². The van der Waals surface area contributed by atoms with Crippen LogP contribution in [0.1, 0.15) is 59.8 Å². The third kappa shape index (κ3) is 7.05. The molecule has 0 radical (unpaired) electrons. The highest BCUT2D eigenvalue weighted by Crippen LogP contribution is 2.26. The lowest BCUT2D eigenvalue weighted by atomic mass is 9.96. The van der Waals surface area contributed by atoms with E-state index < -0.39 is 40.9 Å². The van der Waals surface area contributed by atoms with Gasteiger partial charge in [-0.3, -0.25) is 14.4 Å². The zero-order chi connectivity index (χ0) is 28.4. The molecule has 1 aliphatic rings. The lowest BCUT2D eigenvalue weighted by Crippen LogP contribution is -2.57. The Labute approximate surface area is 229 Å². The summed E-state index contributed by atoms with van der Waals surface area (Å²) in [4.78, 5) is 41.1. The number of alkyl halides is 1. The Bertz CT molecular complexity index is 1210. The van der Waals surface area contributed by atoms with Crippen molar-refractivity contribution in [2.45, 2.75) is 83.5 Å². The number of benzene rings is 2. The summed E-state index contributed by atoms with van der Waals surface area (Å²) < 4.78 is 0. The summed E-state index contributed by atoms with van der Waals surface area (Å²) in [6.07, 6.45) is -1.20. The van der Waals surface area contributed by atoms with Crippen LogP contribution in [0, 0.1) is 20.8 Å². The lowest BCUT2D eigenvalue weighted by Gasteiger charge is -2.32. The fraction of sp³-hybridized carbons (Fsp3) is 0.483. The monoisotopic (exact) mass is 543 g/mol. The van der Waals surface area contributed by atoms with Crippen LogP contribution in [0.2, 0.25) is 0 Å². The van der Waals surface area contributed by atoms with Gasteiger partial charge in [0.1, 0.15) is 11.8 Å². The van der Waals surface area contributed by atoms with E-state index in [1.807, 2.05) is 52.8 Å². The van der Waals surface area contributed by atoms with E-state index >= 15 is 0 Å². The second-order valence-electron chi connectivity index (χ2n) is 11.2. The molecule has 0 spiro atoms. The van der Waals surface area contributed by atoms with E-state index in [4.69, 9.17) is 11.6 Å². The largest absolute Gasteiger partial charge is 0.508 e. The summed E-state index contributed by atoms with van der Waals surface area (Å²) in [7, 11) is 0. The van der Waals surface area contributed by atoms with E-state index in [9.17, 15) is 24.6 Å². The van der Waals surface area contributed by atoms with Crippen LogP contribution < -0.4 is 10.6 Å². The zero-order valence-electron chi connectivity index (χ0n) is 22.8. The van der Waals surface area contributed by atoms with Crippen LogP contribution in [0.15, 0.2) is 36.4 Å². The number of aliphatic hydroxyl groups is 1. The summed E-state index contributed by atoms with van der Waals surface area (Å²) in [5.41, 5.74) is 3.09. The molecule has 1 saturated heterocycles. The van der Waals surface area contributed by atoms with Crippen LogP contribution in [-0.2, 0) is 16.0 Å². The first-order valence-corrected chi connectivity index (χ1v) is 13.2. The first kappa shape index (κ1) is 29.5. The minimum atomic E-state index is -1.63. The van der Waals surface area contributed by atoms with Crippen molar-refractivity contribution in [3.05, 3.63) is 64.2 Å². The molecule has 3 rings (SSSR count). The van der Waals surface area contributed by atoms with E-state index in [2.05, 4.69) is 10.6 Å². The van der Waals surface area contributed by atoms with E-state index in [1.165, 1.54) is 11.0 Å². The van der Waals surface area contributed by atoms with E-state index in [0.29, 0.717) is 5.56 Å². The Morgan fingerprint density at radius 1 is 1.11 bits per heavy atom. The van der Waals surface area contributed by atoms with Gasteiger partial charge in [0, 0.05) is 23.2 Å². The normalized spacial score (nSPS) is 19.1. The molecule has 9 heteroatoms. The van der Waals surface area contributed by atoms with Crippen LogP contribution in [0.5, 0.6) is 5.75 Å². The summed E-state index contributed by atoms with van der Waals surface area (Å²) in [5, 5.41) is 26.6. The van der Waals surface area contributed by atoms with Crippen molar-refractivity contribution in [2.75, 3.05) is 6.54 Å². The maximum Gasteiger partial charge on any atom is 0.254 e. The van der Waals surface area contributed by atoms with E-state index in [0.717, 1.165) is 16.7 Å². The number of phenols is 1. The van der Waals surface area contributed by atoms with Crippen LogP contribution >= 0.6 is 11.6 Å². The number of nitrogens with one attached hydrogen (secondary N) is 2. The number of aliphatic hydroxyl groups excluding tert-OH is 1. The number of carbonyl (C=O) groups excluding carboxylic acids is 3. The first-order chi connectivity index (χ1) is 17.7. The van der Waals surface area contributed by atoms with Crippen molar-refractivity contribution < 1.29 is 24.6 Å². The molecule has 0 aromatic heterocycles. The zero-order valence-corrected chi connectivity index (χ0v) is 23.6. The number of rotatable bonds is 7. The average Bonchev–Trinajstić information content (AvgIpc) is 3.22. The van der Waals surface area contributed by atoms with Gasteiger partial charge in [-0.05, 0) is 83.2 Å². The van der Waals surface area contributed by atoms with Crippen LogP contribution in [0.4, 0.5) is 0 Å². The van der Waals surface area contributed by atoms with Gasteiger partial charge in [-0.15, -0.1) is 11.6 Å². The molecule has 1 heterocycles. The fourth-order valence-corrected chi connectivity index (χ4v) is 4.93. The average molecular weight is 544 g/mol. The van der Waals surface area contributed by atoms with Gasteiger partial charge in [0.05, 0.1) is 11.4 Å². The molecule has 3 amide bonds. The van der Waals surface area contributed by atoms with Gasteiger partial charge >= 0.3 is 0 Å². The molecular weight excluding hydrogens is 506 g/mol. The molecule has 8 nitrogen and oxygen atoms in total. The number of likely N-dealkylation sites (tertiary alicyclic amines) is 1. The number of halogens is 1. The number of phenolic OH excluding ortho intramolecular Hbond substituents is 1. The number of hydrogen-bond donors (Lipinski definition) is 4. The minimum absolute atomic E-state index is 0.0297. The van der Waals surface area contributed by atoms with Crippen molar-refractivity contribution in [3.8, 4) is 5.75 Å². The molecule has 4 atom stereocenters. The molecule has 2 aromatic carbocycles. The van der Waals surface area contributed by atoms with Crippen molar-refractivity contribution >= 4 is 29.3 Å². The highest BCUT2D eigenvalue weighted by molar-refractivity contribution is 6.21. The molecule has 206 valence electrons. The number of nitrogens with zero attached hydrogens (tertiary/aromatic N) is 1. The van der Waals surface area contributed by atoms with Gasteiger partial charge in [-0.25, -0.2) is 0 Å². The SMILES string of the molecule is Cc1ccc(C[C@H](NC(=O)c2cccc(O)c2C)[C@H](O)C(=O)N2C[C@@H](Cl)C[C@H]2C(=O)NC(C)(C)C)cc1C. The third-order valence-corrected chi connectivity index (χ3v) is 7.18. The summed E-state index contributed by atoms with van der Waals surface area (Å²) in [6, 6.07) is 8.57. The van der Waals surface area contributed by atoms with Gasteiger partial charge in [-0.2, -0.15) is 0 Å². The third-order valence-electron chi connectivity index (χ3n) is 6.86. The number of carbonyl (C=O) groups is 3. The molecule has 1 aliphatic heterocycles. The van der Waals surface area contributed by atoms with Gasteiger partial charge < -0.3 is 25.7 Å². The summed E-state index contributed by atoms with van der Waals surface area (Å²) in [5.74, 6) is -1.58. The number of aryl methyl sites for hydroxylation is 2. The Morgan fingerprint density at radius 3 is 2.42 bits per heavy atom. The second kappa shape index (κ2) is 11.7. The molecule has 0 saturated carbocycles. The van der Waals surface area contributed by atoms with Gasteiger partial charge in [0.2, 0.25) is 5.91 Å². The Kier molecular flexibility index (Phi) is 9.10. The van der Waals surface area contributed by atoms with Crippen LogP contribution in [-0.4, -0.2) is 68.5 Å². The summed E-state index contributed by atoms with van der Waals surface area (Å²) in [6.45, 7) is 11.2. The van der Waals surface area contributed by atoms with E-state index in [-0.39, 0.29) is 36.6 Å². The maximum absolute atomic E-state index is 13.6. The van der Waals surface area contributed by atoms with Gasteiger partial charge in [0.25, 0.3) is 11.8 Å². The number of hydrogen-bond acceptors (Lipinski definition) is 5. The lowest BCUT2D eigenvalue weighted by molar-refractivity contribution is -0.146. The van der Waals surface area contributed by atoms with Crippen LogP contribution in [0.3, 0.4) is 0 Å². The molecule has 38 heavy (non-hydrogen) atoms. The highest BCUT2D eigenvalue weighted by atomic mass is 35.5. The van der Waals surface area contributed by atoms with Crippen LogP contribution in [0.25, 0.3) is 0 Å². The Balaban J connectivity index is 1.90. The highest BCUT2D eigenvalue weighted by Gasteiger charge is 2.43. The quantitative estimate of drug-likeness (QED) is 0.400. The fourth-order valence-electron chi connectivity index (χ4n) is 4.61. The molecule has 0 bridgehead atoms. The standard InChI is InChI=1S/C29H38ClN3O5/c1-16-10-11-19(12-17(16)2)13-22(31-26(36)21-8-7-9-24(34)18(21)3)25(35)28(38)33-15-20(30)14-23(33)27(37)32-29(4,5)6/h7-12,20,22-23,25,34-35H,13-15H2,1-6H3,(H,31,36)(H,32,37)/t20-,22-,23-,25-/m0/s1. The molecule has 0 aliphatic carbocycles. The van der Waals surface area contributed by atoms with Crippen molar-refractivity contribution in [1.82, 2.24) is 15.5 Å². The topological polar surface area (TPSA) is 119 Å². The molecule has 0 unspecified atom stereocenters. The number of amides is 3. The Hall–Kier alpha value is -3.10. The predicted octanol–water partition coefficient (Wildman–Crippen LogP) is 3.14. The molecule has 2 aromatic rings. The second-order valence-corrected chi connectivity index (χ2v) is 11.8. The molecule has 1 fully saturated rings. The molecule has 4 N–H and O–H groups in total. The predicted molar refractivity (Wildman–Crippen MR) is 147 cm³/mol. The maximum atomic E-state index is 13.6.